The van der Waals surface area contributed by atoms with E-state index in [1.807, 2.05) is 6.07 Å². The Kier molecular flexibility index (Phi) is 5.29. The van der Waals surface area contributed by atoms with Crippen molar-refractivity contribution < 1.29 is 0 Å². The summed E-state index contributed by atoms with van der Waals surface area (Å²) in [4.78, 5) is 12.1. The number of nitrogens with zero attached hydrogens (tertiary/aromatic N) is 3. The van der Waals surface area contributed by atoms with Crippen molar-refractivity contribution >= 4 is 11.8 Å². The molecule has 0 unspecified atom stereocenters. The predicted molar refractivity (Wildman–Crippen MR) is 116 cm³/mol. The molecule has 144 valence electrons. The fourth-order valence-electron chi connectivity index (χ4n) is 3.74. The number of hydrogen-bond donors (Lipinski definition) is 1. The number of rotatable bonds is 5. The maximum atomic E-state index is 4.88. The number of fused-ring (bicyclic) bond motifs is 1. The van der Waals surface area contributed by atoms with Crippen molar-refractivity contribution in [3.05, 3.63) is 83.0 Å². The van der Waals surface area contributed by atoms with Gasteiger partial charge in [0, 0.05) is 25.2 Å². The summed E-state index contributed by atoms with van der Waals surface area (Å²) in [6, 6.07) is 21.7. The standard InChI is InChI=1S/C24H28N4/c1-17(2)22-14-23(27-24(26-22)25-15-19-9-5-4-6-10-19)28-16-21-12-8-7-11-20(21)13-18(28)3/h4-12,14,17-18H,13,15-16H2,1-3H3,(H,25,26,27)/t18-/m1/s1. The van der Waals surface area contributed by atoms with Gasteiger partial charge in [0.05, 0.1) is 5.69 Å². The quantitative estimate of drug-likeness (QED) is 0.671. The molecule has 0 aliphatic carbocycles. The van der Waals surface area contributed by atoms with Crippen molar-refractivity contribution in [3.63, 3.8) is 0 Å². The summed E-state index contributed by atoms with van der Waals surface area (Å²) in [5, 5.41) is 3.42. The maximum Gasteiger partial charge on any atom is 0.225 e. The van der Waals surface area contributed by atoms with Crippen molar-refractivity contribution in [2.75, 3.05) is 10.2 Å². The minimum Gasteiger partial charge on any atom is -0.350 e. The second kappa shape index (κ2) is 8.01. The van der Waals surface area contributed by atoms with Crippen LogP contribution in [0.15, 0.2) is 60.7 Å². The third-order valence-electron chi connectivity index (χ3n) is 5.42. The van der Waals surface area contributed by atoms with E-state index in [1.54, 1.807) is 0 Å². The van der Waals surface area contributed by atoms with Gasteiger partial charge in [-0.1, -0.05) is 68.4 Å². The average molecular weight is 373 g/mol. The molecule has 1 aromatic heterocycles. The molecule has 4 heteroatoms. The van der Waals surface area contributed by atoms with Crippen LogP contribution in [-0.4, -0.2) is 16.0 Å². The highest BCUT2D eigenvalue weighted by Gasteiger charge is 2.24. The fraction of sp³-hybridized carbons (Fsp3) is 0.333. The molecular weight excluding hydrogens is 344 g/mol. The van der Waals surface area contributed by atoms with Crippen LogP contribution in [0.1, 0.15) is 49.1 Å². The summed E-state index contributed by atoms with van der Waals surface area (Å²) in [5.41, 5.74) is 5.14. The van der Waals surface area contributed by atoms with Gasteiger partial charge in [0.25, 0.3) is 0 Å². The van der Waals surface area contributed by atoms with Gasteiger partial charge in [-0.05, 0) is 36.0 Å². The Labute approximate surface area is 167 Å². The minimum absolute atomic E-state index is 0.353. The number of hydrogen-bond acceptors (Lipinski definition) is 4. The Bertz CT molecular complexity index is 936. The summed E-state index contributed by atoms with van der Waals surface area (Å²) < 4.78 is 0. The highest BCUT2D eigenvalue weighted by Crippen LogP contribution is 2.29. The lowest BCUT2D eigenvalue weighted by Gasteiger charge is -2.36. The third kappa shape index (κ3) is 4.01. The maximum absolute atomic E-state index is 4.88. The Morgan fingerprint density at radius 1 is 1.00 bits per heavy atom. The molecule has 4 rings (SSSR count). The van der Waals surface area contributed by atoms with Crippen LogP contribution in [0.2, 0.25) is 0 Å². The van der Waals surface area contributed by atoms with Gasteiger partial charge in [-0.25, -0.2) is 4.98 Å². The van der Waals surface area contributed by atoms with Gasteiger partial charge in [-0.2, -0.15) is 4.98 Å². The zero-order valence-corrected chi connectivity index (χ0v) is 16.9. The molecule has 0 saturated carbocycles. The summed E-state index contributed by atoms with van der Waals surface area (Å²) in [6.07, 6.45) is 1.05. The molecule has 1 aliphatic rings. The van der Waals surface area contributed by atoms with E-state index in [4.69, 9.17) is 9.97 Å². The number of anilines is 2. The van der Waals surface area contributed by atoms with Crippen molar-refractivity contribution in [1.29, 1.82) is 0 Å². The van der Waals surface area contributed by atoms with E-state index in [2.05, 4.69) is 85.6 Å². The van der Waals surface area contributed by atoms with Crippen LogP contribution in [0.3, 0.4) is 0 Å². The molecule has 2 aromatic carbocycles. The monoisotopic (exact) mass is 372 g/mol. The highest BCUT2D eigenvalue weighted by molar-refractivity contribution is 5.50. The second-order valence-corrected chi connectivity index (χ2v) is 7.92. The van der Waals surface area contributed by atoms with Crippen molar-refractivity contribution in [2.24, 2.45) is 0 Å². The molecule has 0 spiro atoms. The molecule has 0 radical (unpaired) electrons. The Balaban J connectivity index is 1.62. The van der Waals surface area contributed by atoms with E-state index in [9.17, 15) is 0 Å². The second-order valence-electron chi connectivity index (χ2n) is 7.92. The number of aromatic nitrogens is 2. The molecule has 2 heterocycles. The van der Waals surface area contributed by atoms with E-state index >= 15 is 0 Å². The molecule has 1 atom stereocenters. The van der Waals surface area contributed by atoms with Crippen LogP contribution < -0.4 is 10.2 Å². The van der Waals surface area contributed by atoms with Crippen molar-refractivity contribution in [2.45, 2.75) is 52.2 Å². The van der Waals surface area contributed by atoms with Crippen LogP contribution in [0.25, 0.3) is 0 Å². The minimum atomic E-state index is 0.353. The van der Waals surface area contributed by atoms with Gasteiger partial charge >= 0.3 is 0 Å². The summed E-state index contributed by atoms with van der Waals surface area (Å²) in [7, 11) is 0. The SMILES string of the molecule is CC(C)c1cc(N2Cc3ccccc3C[C@H]2C)nc(NCc2ccccc2)n1. The largest absolute Gasteiger partial charge is 0.350 e. The van der Waals surface area contributed by atoms with E-state index in [0.717, 1.165) is 31.0 Å². The first-order valence-electron chi connectivity index (χ1n) is 10.1. The van der Waals surface area contributed by atoms with E-state index < -0.39 is 0 Å². The van der Waals surface area contributed by atoms with Crippen molar-refractivity contribution in [1.82, 2.24) is 9.97 Å². The number of benzene rings is 2. The fourth-order valence-corrected chi connectivity index (χ4v) is 3.74. The van der Waals surface area contributed by atoms with Gasteiger partial charge in [0.2, 0.25) is 5.95 Å². The molecule has 0 bridgehead atoms. The van der Waals surface area contributed by atoms with E-state index in [-0.39, 0.29) is 0 Å². The van der Waals surface area contributed by atoms with Gasteiger partial charge < -0.3 is 10.2 Å². The van der Waals surface area contributed by atoms with Gasteiger partial charge in [0.1, 0.15) is 5.82 Å². The predicted octanol–water partition coefficient (Wildman–Crippen LogP) is 5.16. The first-order chi connectivity index (χ1) is 13.6. The molecule has 1 aliphatic heterocycles. The van der Waals surface area contributed by atoms with Gasteiger partial charge in [-0.15, -0.1) is 0 Å². The molecule has 3 aromatic rings. The van der Waals surface area contributed by atoms with Crippen LogP contribution >= 0.6 is 0 Å². The topological polar surface area (TPSA) is 41.1 Å². The lowest BCUT2D eigenvalue weighted by atomic mass is 9.95. The summed E-state index contributed by atoms with van der Waals surface area (Å²) >= 11 is 0. The van der Waals surface area contributed by atoms with Crippen LogP contribution in [0.5, 0.6) is 0 Å². The molecule has 4 nitrogen and oxygen atoms in total. The van der Waals surface area contributed by atoms with E-state index in [0.29, 0.717) is 17.9 Å². The number of nitrogens with one attached hydrogen (secondary N) is 1. The molecule has 0 saturated heterocycles. The van der Waals surface area contributed by atoms with Crippen LogP contribution in [0.4, 0.5) is 11.8 Å². The normalized spacial score (nSPS) is 16.1. The summed E-state index contributed by atoms with van der Waals surface area (Å²) in [5.74, 6) is 2.07. The molecular formula is C24H28N4. The zero-order chi connectivity index (χ0) is 19.5. The molecule has 0 fully saturated rings. The smallest absolute Gasteiger partial charge is 0.225 e. The van der Waals surface area contributed by atoms with Gasteiger partial charge in [-0.3, -0.25) is 0 Å². The zero-order valence-electron chi connectivity index (χ0n) is 16.9. The molecule has 1 N–H and O–H groups in total. The molecule has 0 amide bonds. The Hall–Kier alpha value is -2.88. The summed E-state index contributed by atoms with van der Waals surface area (Å²) in [6.45, 7) is 8.26. The van der Waals surface area contributed by atoms with Gasteiger partial charge in [0.15, 0.2) is 0 Å². The molecule has 28 heavy (non-hydrogen) atoms. The van der Waals surface area contributed by atoms with Crippen LogP contribution in [0, 0.1) is 0 Å². The first kappa shape index (κ1) is 18.5. The average Bonchev–Trinajstić information content (AvgIpc) is 2.72. The lowest BCUT2D eigenvalue weighted by molar-refractivity contribution is 0.585. The lowest BCUT2D eigenvalue weighted by Crippen LogP contribution is -2.39. The third-order valence-corrected chi connectivity index (χ3v) is 5.42. The Morgan fingerprint density at radius 2 is 1.71 bits per heavy atom. The Morgan fingerprint density at radius 3 is 2.46 bits per heavy atom. The highest BCUT2D eigenvalue weighted by atomic mass is 15.2. The van der Waals surface area contributed by atoms with Crippen molar-refractivity contribution in [3.8, 4) is 0 Å². The van der Waals surface area contributed by atoms with Crippen LogP contribution in [-0.2, 0) is 19.5 Å². The van der Waals surface area contributed by atoms with E-state index in [1.165, 1.54) is 16.7 Å². The first-order valence-corrected chi connectivity index (χ1v) is 10.1.